The molecule has 0 amide bonds. The van der Waals surface area contributed by atoms with Gasteiger partial charge in [0.25, 0.3) is 10.0 Å². The summed E-state index contributed by atoms with van der Waals surface area (Å²) in [5.74, 6) is -1.55. The van der Waals surface area contributed by atoms with Gasteiger partial charge in [-0.25, -0.2) is 8.42 Å². The number of aliphatic carboxylic acids is 1. The minimum Gasteiger partial charge on any atom is -0.480 e. The van der Waals surface area contributed by atoms with Gasteiger partial charge in [-0.2, -0.15) is 4.72 Å². The zero-order chi connectivity index (χ0) is 16.0. The van der Waals surface area contributed by atoms with Crippen LogP contribution in [0.2, 0.25) is 4.34 Å². The predicted molar refractivity (Wildman–Crippen MR) is 83.8 cm³/mol. The van der Waals surface area contributed by atoms with Crippen LogP contribution in [0.1, 0.15) is 17.9 Å². The maximum atomic E-state index is 12.4. The van der Waals surface area contributed by atoms with Gasteiger partial charge in [0.05, 0.1) is 4.34 Å². The molecule has 2 aromatic rings. The van der Waals surface area contributed by atoms with Crippen molar-refractivity contribution < 1.29 is 18.3 Å². The monoisotopic (exact) mass is 357 g/mol. The van der Waals surface area contributed by atoms with Gasteiger partial charge in [-0.3, -0.25) is 4.79 Å². The number of hydrogen-bond donors (Lipinski definition) is 2. The third-order valence-electron chi connectivity index (χ3n) is 3.67. The van der Waals surface area contributed by atoms with E-state index in [-0.39, 0.29) is 16.5 Å². The van der Waals surface area contributed by atoms with Crippen LogP contribution in [0.25, 0.3) is 0 Å². The van der Waals surface area contributed by atoms with Crippen LogP contribution in [0.5, 0.6) is 0 Å². The van der Waals surface area contributed by atoms with Crippen molar-refractivity contribution in [3.63, 3.8) is 0 Å². The number of thiophene rings is 1. The Bertz CT molecular complexity index is 818. The molecule has 8 heteroatoms. The molecular formula is C14H12ClNO4S2. The highest BCUT2D eigenvalue weighted by Crippen LogP contribution is 2.52. The van der Waals surface area contributed by atoms with Gasteiger partial charge >= 0.3 is 5.97 Å². The van der Waals surface area contributed by atoms with Crippen molar-refractivity contribution in [3.8, 4) is 0 Å². The van der Waals surface area contributed by atoms with Crippen LogP contribution in [0.4, 0.5) is 0 Å². The zero-order valence-corrected chi connectivity index (χ0v) is 13.6. The largest absolute Gasteiger partial charge is 0.480 e. The number of nitrogens with one attached hydrogen (secondary N) is 1. The van der Waals surface area contributed by atoms with E-state index in [1.54, 1.807) is 24.3 Å². The lowest BCUT2D eigenvalue weighted by Gasteiger charge is -2.14. The first-order valence-corrected chi connectivity index (χ1v) is 9.10. The van der Waals surface area contributed by atoms with Crippen molar-refractivity contribution in [2.45, 2.75) is 22.1 Å². The SMILES string of the molecule is O=C(O)[C@@]1(NS(=O)(=O)c2ccc(Cl)s2)C[C@H]1c1ccccc1. The molecule has 0 unspecified atom stereocenters. The zero-order valence-electron chi connectivity index (χ0n) is 11.2. The average Bonchev–Trinajstić information content (AvgIpc) is 3.02. The summed E-state index contributed by atoms with van der Waals surface area (Å²) in [6.07, 6.45) is 0.227. The lowest BCUT2D eigenvalue weighted by Crippen LogP contribution is -2.44. The van der Waals surface area contributed by atoms with Crippen LogP contribution in [-0.2, 0) is 14.8 Å². The number of sulfonamides is 1. The molecule has 1 aliphatic rings. The summed E-state index contributed by atoms with van der Waals surface area (Å²) in [4.78, 5) is 11.6. The van der Waals surface area contributed by atoms with Crippen molar-refractivity contribution in [2.24, 2.45) is 0 Å². The fourth-order valence-corrected chi connectivity index (χ4v) is 5.36. The van der Waals surface area contributed by atoms with E-state index in [0.717, 1.165) is 16.9 Å². The van der Waals surface area contributed by atoms with E-state index < -0.39 is 21.5 Å². The lowest BCUT2D eigenvalue weighted by molar-refractivity contribution is -0.140. The normalized spacial score (nSPS) is 24.1. The highest BCUT2D eigenvalue weighted by Gasteiger charge is 2.63. The first kappa shape index (κ1) is 15.5. The average molecular weight is 358 g/mol. The maximum Gasteiger partial charge on any atom is 0.325 e. The molecule has 1 heterocycles. The van der Waals surface area contributed by atoms with Crippen molar-refractivity contribution in [1.29, 1.82) is 0 Å². The number of benzene rings is 1. The van der Waals surface area contributed by atoms with Crippen LogP contribution >= 0.6 is 22.9 Å². The van der Waals surface area contributed by atoms with Crippen molar-refractivity contribution in [2.75, 3.05) is 0 Å². The van der Waals surface area contributed by atoms with E-state index in [0.29, 0.717) is 4.34 Å². The first-order chi connectivity index (χ1) is 10.3. The Hall–Kier alpha value is -1.41. The van der Waals surface area contributed by atoms with E-state index in [4.69, 9.17) is 11.6 Å². The van der Waals surface area contributed by atoms with E-state index in [1.165, 1.54) is 12.1 Å². The molecule has 3 rings (SSSR count). The highest BCUT2D eigenvalue weighted by molar-refractivity contribution is 7.91. The van der Waals surface area contributed by atoms with Crippen LogP contribution in [-0.4, -0.2) is 25.0 Å². The van der Waals surface area contributed by atoms with Crippen molar-refractivity contribution in [1.82, 2.24) is 4.72 Å². The van der Waals surface area contributed by atoms with Crippen LogP contribution in [0, 0.1) is 0 Å². The number of halogens is 1. The summed E-state index contributed by atoms with van der Waals surface area (Å²) in [5.41, 5.74) is -0.687. The standard InChI is InChI=1S/C14H12ClNO4S2/c15-11-6-7-12(21-11)22(19,20)16-14(13(17)18)8-10(14)9-4-2-1-3-5-9/h1-7,10,16H,8H2,(H,17,18)/t10-,14+/m0/s1. The van der Waals surface area contributed by atoms with E-state index in [2.05, 4.69) is 4.72 Å². The van der Waals surface area contributed by atoms with Gasteiger partial charge in [0.1, 0.15) is 9.75 Å². The Kier molecular flexibility index (Phi) is 3.76. The predicted octanol–water partition coefficient (Wildman–Crippen LogP) is 2.69. The first-order valence-electron chi connectivity index (χ1n) is 6.43. The van der Waals surface area contributed by atoms with E-state index >= 15 is 0 Å². The second-order valence-corrected chi connectivity index (χ2v) is 8.73. The molecule has 0 aliphatic heterocycles. The molecule has 1 aromatic heterocycles. The molecule has 2 N–H and O–H groups in total. The fraction of sp³-hybridized carbons (Fsp3) is 0.214. The molecule has 22 heavy (non-hydrogen) atoms. The lowest BCUT2D eigenvalue weighted by atomic mass is 10.1. The summed E-state index contributed by atoms with van der Waals surface area (Å²) < 4.78 is 27.4. The smallest absolute Gasteiger partial charge is 0.325 e. The molecule has 116 valence electrons. The Morgan fingerprint density at radius 2 is 1.95 bits per heavy atom. The summed E-state index contributed by atoms with van der Waals surface area (Å²) >= 11 is 6.64. The highest BCUT2D eigenvalue weighted by atomic mass is 35.5. The third kappa shape index (κ3) is 2.65. The van der Waals surface area contributed by atoms with Gasteiger partial charge in [0, 0.05) is 5.92 Å². The van der Waals surface area contributed by atoms with Crippen molar-refractivity contribution in [3.05, 3.63) is 52.4 Å². The van der Waals surface area contributed by atoms with Crippen LogP contribution in [0.15, 0.2) is 46.7 Å². The van der Waals surface area contributed by atoms with Gasteiger partial charge in [-0.05, 0) is 24.1 Å². The molecule has 2 atom stereocenters. The fourth-order valence-electron chi connectivity index (χ4n) is 2.48. The molecule has 5 nitrogen and oxygen atoms in total. The van der Waals surface area contributed by atoms with Gasteiger partial charge in [0.15, 0.2) is 0 Å². The minimum atomic E-state index is -3.92. The summed E-state index contributed by atoms with van der Waals surface area (Å²) in [5, 5.41) is 9.50. The minimum absolute atomic E-state index is 0.0110. The van der Waals surface area contributed by atoms with Gasteiger partial charge in [-0.1, -0.05) is 41.9 Å². The Labute approximate surface area is 136 Å². The summed E-state index contributed by atoms with van der Waals surface area (Å²) in [6, 6.07) is 11.9. The number of carbonyl (C=O) groups is 1. The molecule has 1 aliphatic carbocycles. The van der Waals surface area contributed by atoms with Crippen LogP contribution in [0.3, 0.4) is 0 Å². The molecular weight excluding hydrogens is 346 g/mol. The Morgan fingerprint density at radius 1 is 1.27 bits per heavy atom. The van der Waals surface area contributed by atoms with Gasteiger partial charge < -0.3 is 5.11 Å². The number of rotatable bonds is 5. The van der Waals surface area contributed by atoms with Gasteiger partial charge in [0.2, 0.25) is 0 Å². The molecule has 0 bridgehead atoms. The molecule has 0 radical (unpaired) electrons. The molecule has 1 fully saturated rings. The number of hydrogen-bond acceptors (Lipinski definition) is 4. The second kappa shape index (κ2) is 5.34. The van der Waals surface area contributed by atoms with Crippen molar-refractivity contribution >= 4 is 38.9 Å². The molecule has 1 saturated carbocycles. The summed E-state index contributed by atoms with van der Waals surface area (Å²) in [7, 11) is -3.92. The summed E-state index contributed by atoms with van der Waals surface area (Å²) in [6.45, 7) is 0. The Morgan fingerprint density at radius 3 is 2.50 bits per heavy atom. The van der Waals surface area contributed by atoms with Crippen LogP contribution < -0.4 is 4.72 Å². The number of carboxylic acid groups (broad SMARTS) is 1. The molecule has 1 aromatic carbocycles. The number of carboxylic acids is 1. The quantitative estimate of drug-likeness (QED) is 0.861. The second-order valence-electron chi connectivity index (χ2n) is 5.11. The maximum absolute atomic E-state index is 12.4. The molecule has 0 saturated heterocycles. The Balaban J connectivity index is 1.90. The van der Waals surface area contributed by atoms with E-state index in [1.807, 2.05) is 6.07 Å². The third-order valence-corrected chi connectivity index (χ3v) is 6.91. The van der Waals surface area contributed by atoms with Gasteiger partial charge in [-0.15, -0.1) is 11.3 Å². The topological polar surface area (TPSA) is 83.5 Å². The molecule has 0 spiro atoms. The van der Waals surface area contributed by atoms with E-state index in [9.17, 15) is 18.3 Å².